The predicted octanol–water partition coefficient (Wildman–Crippen LogP) is 4.17. The smallest absolute Gasteiger partial charge is 0.295 e. The Morgan fingerprint density at radius 1 is 1.60 bits per heavy atom. The zero-order valence-corrected chi connectivity index (χ0v) is 12.9. The average molecular weight is 360 g/mol. The van der Waals surface area contributed by atoms with E-state index < -0.39 is 10.7 Å². The van der Waals surface area contributed by atoms with E-state index in [1.165, 1.54) is 17.4 Å². The van der Waals surface area contributed by atoms with Gasteiger partial charge in [-0.2, -0.15) is 0 Å². The van der Waals surface area contributed by atoms with Crippen LogP contribution in [-0.2, 0) is 0 Å². The summed E-state index contributed by atoms with van der Waals surface area (Å²) < 4.78 is 13.5. The zero-order valence-electron chi connectivity index (χ0n) is 10.5. The molecule has 0 bridgehead atoms. The number of anilines is 1. The molecule has 8 heteroatoms. The summed E-state index contributed by atoms with van der Waals surface area (Å²) in [5.74, 6) is -0.548. The molecule has 0 radical (unpaired) electrons. The van der Waals surface area contributed by atoms with Crippen molar-refractivity contribution in [3.63, 3.8) is 0 Å². The van der Waals surface area contributed by atoms with Gasteiger partial charge >= 0.3 is 0 Å². The van der Waals surface area contributed by atoms with E-state index in [9.17, 15) is 14.5 Å². The molecule has 106 valence electrons. The maximum Gasteiger partial charge on any atom is 0.295 e. The quantitative estimate of drug-likeness (QED) is 0.642. The topological polar surface area (TPSA) is 68.1 Å². The Morgan fingerprint density at radius 2 is 2.35 bits per heavy atom. The number of nitro groups is 1. The van der Waals surface area contributed by atoms with Gasteiger partial charge in [-0.05, 0) is 22.0 Å². The molecule has 0 saturated carbocycles. The number of hydrogen-bond acceptors (Lipinski definition) is 5. The van der Waals surface area contributed by atoms with E-state index in [2.05, 4.69) is 26.2 Å². The van der Waals surface area contributed by atoms with Gasteiger partial charge in [0, 0.05) is 24.0 Å². The third-order valence-electron chi connectivity index (χ3n) is 2.71. The highest BCUT2D eigenvalue weighted by molar-refractivity contribution is 9.10. The molecule has 2 aromatic rings. The molecule has 1 unspecified atom stereocenters. The second-order valence-corrected chi connectivity index (χ2v) is 5.97. The van der Waals surface area contributed by atoms with Crippen LogP contribution in [0.25, 0.3) is 0 Å². The number of hydrogen-bond donors (Lipinski definition) is 1. The molecule has 5 nitrogen and oxygen atoms in total. The lowest BCUT2D eigenvalue weighted by Crippen LogP contribution is -2.11. The Bertz CT molecular complexity index is 621. The Balaban J connectivity index is 2.16. The van der Waals surface area contributed by atoms with Crippen LogP contribution < -0.4 is 5.32 Å². The first-order valence-electron chi connectivity index (χ1n) is 5.75. The number of nitrogens with zero attached hydrogens (tertiary/aromatic N) is 2. The SMILES string of the molecule is CC(CNc1cc(Br)c(F)cc1[N+](=O)[O-])c1nccs1. The molecule has 1 atom stereocenters. The first-order valence-corrected chi connectivity index (χ1v) is 7.43. The van der Waals surface area contributed by atoms with Gasteiger partial charge in [0.15, 0.2) is 0 Å². The number of aromatic nitrogens is 1. The van der Waals surface area contributed by atoms with E-state index in [4.69, 9.17) is 0 Å². The van der Waals surface area contributed by atoms with Gasteiger partial charge in [-0.25, -0.2) is 9.37 Å². The summed E-state index contributed by atoms with van der Waals surface area (Å²) in [6.07, 6.45) is 1.72. The van der Waals surface area contributed by atoms with Crippen molar-refractivity contribution in [2.75, 3.05) is 11.9 Å². The zero-order chi connectivity index (χ0) is 14.7. The van der Waals surface area contributed by atoms with Crippen molar-refractivity contribution in [1.29, 1.82) is 0 Å². The van der Waals surface area contributed by atoms with Crippen LogP contribution in [0.2, 0.25) is 0 Å². The van der Waals surface area contributed by atoms with Crippen molar-refractivity contribution in [1.82, 2.24) is 4.98 Å². The number of benzene rings is 1. The van der Waals surface area contributed by atoms with E-state index in [0.717, 1.165) is 11.1 Å². The van der Waals surface area contributed by atoms with Gasteiger partial charge in [-0.1, -0.05) is 6.92 Å². The summed E-state index contributed by atoms with van der Waals surface area (Å²) in [5, 5.41) is 16.7. The third-order valence-corrected chi connectivity index (χ3v) is 4.32. The lowest BCUT2D eigenvalue weighted by Gasteiger charge is -2.12. The Labute approximate surface area is 127 Å². The standard InChI is InChI=1S/C12H11BrFN3O2S/c1-7(12-15-2-3-20-12)6-16-10-4-8(13)9(14)5-11(10)17(18)19/h2-5,7,16H,6H2,1H3. The highest BCUT2D eigenvalue weighted by atomic mass is 79.9. The van der Waals surface area contributed by atoms with E-state index in [1.807, 2.05) is 12.3 Å². The molecular formula is C12H11BrFN3O2S. The van der Waals surface area contributed by atoms with Crippen LogP contribution in [0.1, 0.15) is 17.8 Å². The maximum atomic E-state index is 13.4. The van der Waals surface area contributed by atoms with E-state index in [-0.39, 0.29) is 21.8 Å². The molecule has 0 aliphatic rings. The van der Waals surface area contributed by atoms with Gasteiger partial charge in [0.25, 0.3) is 5.69 Å². The number of rotatable bonds is 5. The number of nitrogens with one attached hydrogen (secondary N) is 1. The second-order valence-electron chi connectivity index (χ2n) is 4.19. The molecule has 0 aliphatic carbocycles. The van der Waals surface area contributed by atoms with Crippen LogP contribution in [0.3, 0.4) is 0 Å². The average Bonchev–Trinajstić information content (AvgIpc) is 2.93. The van der Waals surface area contributed by atoms with Gasteiger partial charge in [0.1, 0.15) is 11.5 Å². The van der Waals surface area contributed by atoms with Gasteiger partial charge in [0.2, 0.25) is 0 Å². The van der Waals surface area contributed by atoms with Crippen molar-refractivity contribution in [3.05, 3.63) is 49.1 Å². The van der Waals surface area contributed by atoms with Gasteiger partial charge in [0.05, 0.1) is 20.5 Å². The summed E-state index contributed by atoms with van der Waals surface area (Å²) in [6.45, 7) is 2.45. The van der Waals surface area contributed by atoms with Crippen molar-refractivity contribution in [2.24, 2.45) is 0 Å². The largest absolute Gasteiger partial charge is 0.379 e. The molecule has 0 spiro atoms. The van der Waals surface area contributed by atoms with E-state index in [1.54, 1.807) is 6.20 Å². The fraction of sp³-hybridized carbons (Fsp3) is 0.250. The second kappa shape index (κ2) is 6.27. The molecule has 1 aromatic heterocycles. The summed E-state index contributed by atoms with van der Waals surface area (Å²) >= 11 is 4.56. The number of thiazole rings is 1. The van der Waals surface area contributed by atoms with Crippen molar-refractivity contribution < 1.29 is 9.31 Å². The van der Waals surface area contributed by atoms with Crippen molar-refractivity contribution in [2.45, 2.75) is 12.8 Å². The lowest BCUT2D eigenvalue weighted by atomic mass is 10.2. The van der Waals surface area contributed by atoms with Crippen LogP contribution in [0.4, 0.5) is 15.8 Å². The number of nitro benzene ring substituents is 1. The molecule has 20 heavy (non-hydrogen) atoms. The molecule has 0 amide bonds. The summed E-state index contributed by atoms with van der Waals surface area (Å²) in [7, 11) is 0. The van der Waals surface area contributed by atoms with Gasteiger partial charge in [-0.15, -0.1) is 11.3 Å². The van der Waals surface area contributed by atoms with Gasteiger partial charge in [-0.3, -0.25) is 10.1 Å². The summed E-state index contributed by atoms with van der Waals surface area (Å²) in [4.78, 5) is 14.5. The molecule has 2 rings (SSSR count). The summed E-state index contributed by atoms with van der Waals surface area (Å²) in [5.41, 5.74) is 0.00344. The Hall–Kier alpha value is -1.54. The first-order chi connectivity index (χ1) is 9.49. The van der Waals surface area contributed by atoms with Crippen LogP contribution >= 0.6 is 27.3 Å². The lowest BCUT2D eigenvalue weighted by molar-refractivity contribution is -0.384. The van der Waals surface area contributed by atoms with E-state index in [0.29, 0.717) is 6.54 Å². The van der Waals surface area contributed by atoms with Crippen LogP contribution in [0.5, 0.6) is 0 Å². The molecule has 1 N–H and O–H groups in total. The van der Waals surface area contributed by atoms with Gasteiger partial charge < -0.3 is 5.32 Å². The molecule has 1 aromatic carbocycles. The highest BCUT2D eigenvalue weighted by Gasteiger charge is 2.18. The summed E-state index contributed by atoms with van der Waals surface area (Å²) in [6, 6.07) is 2.28. The highest BCUT2D eigenvalue weighted by Crippen LogP contribution is 2.31. The molecule has 0 fully saturated rings. The van der Waals surface area contributed by atoms with Crippen molar-refractivity contribution >= 4 is 38.6 Å². The normalized spacial score (nSPS) is 12.2. The minimum atomic E-state index is -0.657. The van der Waals surface area contributed by atoms with E-state index >= 15 is 0 Å². The predicted molar refractivity (Wildman–Crippen MR) is 79.8 cm³/mol. The maximum absolute atomic E-state index is 13.4. The molecular weight excluding hydrogens is 349 g/mol. The Kier molecular flexibility index (Phi) is 4.66. The third kappa shape index (κ3) is 3.31. The molecule has 0 saturated heterocycles. The monoisotopic (exact) mass is 359 g/mol. The fourth-order valence-corrected chi connectivity index (χ4v) is 2.70. The fourth-order valence-electron chi connectivity index (χ4n) is 1.66. The van der Waals surface area contributed by atoms with Crippen molar-refractivity contribution in [3.8, 4) is 0 Å². The van der Waals surface area contributed by atoms with Crippen LogP contribution in [-0.4, -0.2) is 16.5 Å². The van der Waals surface area contributed by atoms with Crippen LogP contribution in [0, 0.1) is 15.9 Å². The molecule has 1 heterocycles. The first kappa shape index (κ1) is 14.9. The minimum Gasteiger partial charge on any atom is -0.379 e. The minimum absolute atomic E-state index is 0.110. The van der Waals surface area contributed by atoms with Crippen LogP contribution in [0.15, 0.2) is 28.2 Å². The Morgan fingerprint density at radius 3 is 2.95 bits per heavy atom. The molecule has 0 aliphatic heterocycles. The number of halogens is 2.